The average molecular weight is 359 g/mol. The zero-order valence-electron chi connectivity index (χ0n) is 14.1. The normalized spacial score (nSPS) is 15.7. The summed E-state index contributed by atoms with van der Waals surface area (Å²) >= 11 is 1.19. The fraction of sp³-hybridized carbons (Fsp3) is 0.368. The Bertz CT molecular complexity index is 760. The van der Waals surface area contributed by atoms with Crippen molar-refractivity contribution < 1.29 is 19.4 Å². The number of hydrogen-bond donors (Lipinski definition) is 2. The second kappa shape index (κ2) is 7.27. The van der Waals surface area contributed by atoms with E-state index in [1.54, 1.807) is 19.2 Å². The van der Waals surface area contributed by atoms with Crippen LogP contribution >= 0.6 is 11.3 Å². The van der Waals surface area contributed by atoms with Crippen LogP contribution in [0.1, 0.15) is 45.8 Å². The third kappa shape index (κ3) is 3.54. The van der Waals surface area contributed by atoms with E-state index in [1.807, 2.05) is 24.3 Å². The van der Waals surface area contributed by atoms with E-state index in [-0.39, 0.29) is 10.8 Å². The van der Waals surface area contributed by atoms with Crippen molar-refractivity contribution in [3.63, 3.8) is 0 Å². The SMILES string of the molecule is COc1ccc(C2(C(=O)NCc3ccc(C(=O)O)s3)CCCC2)cc1. The number of rotatable bonds is 6. The van der Waals surface area contributed by atoms with Crippen molar-refractivity contribution in [1.82, 2.24) is 5.32 Å². The molecule has 0 aliphatic heterocycles. The van der Waals surface area contributed by atoms with Crippen molar-refractivity contribution in [1.29, 1.82) is 0 Å². The van der Waals surface area contributed by atoms with Gasteiger partial charge in [0, 0.05) is 4.88 Å². The molecule has 1 aliphatic rings. The lowest BCUT2D eigenvalue weighted by molar-refractivity contribution is -0.126. The molecule has 3 rings (SSSR count). The Kier molecular flexibility index (Phi) is 5.08. The maximum atomic E-state index is 13.0. The van der Waals surface area contributed by atoms with Crippen LogP contribution in [0.3, 0.4) is 0 Å². The number of carboxylic acid groups (broad SMARTS) is 1. The highest BCUT2D eigenvalue weighted by atomic mass is 32.1. The van der Waals surface area contributed by atoms with Crippen molar-refractivity contribution in [3.05, 3.63) is 51.7 Å². The van der Waals surface area contributed by atoms with Crippen LogP contribution in [0, 0.1) is 0 Å². The van der Waals surface area contributed by atoms with Gasteiger partial charge in [0.05, 0.1) is 19.1 Å². The van der Waals surface area contributed by atoms with Gasteiger partial charge in [0.1, 0.15) is 10.6 Å². The van der Waals surface area contributed by atoms with Crippen LogP contribution in [-0.2, 0) is 16.8 Å². The summed E-state index contributed by atoms with van der Waals surface area (Å²) in [5, 5.41) is 12.0. The molecule has 1 amide bonds. The Morgan fingerprint density at radius 1 is 1.16 bits per heavy atom. The summed E-state index contributed by atoms with van der Waals surface area (Å²) < 4.78 is 5.21. The lowest BCUT2D eigenvalue weighted by Gasteiger charge is -2.28. The van der Waals surface area contributed by atoms with E-state index in [4.69, 9.17) is 9.84 Å². The highest BCUT2D eigenvalue weighted by Crippen LogP contribution is 2.42. The first-order valence-electron chi connectivity index (χ1n) is 8.30. The molecule has 5 nitrogen and oxygen atoms in total. The Labute approximate surface area is 150 Å². The number of aromatic carboxylic acids is 1. The van der Waals surface area contributed by atoms with E-state index in [2.05, 4.69) is 5.32 Å². The Hall–Kier alpha value is -2.34. The highest BCUT2D eigenvalue weighted by Gasteiger charge is 2.42. The molecule has 1 aliphatic carbocycles. The highest BCUT2D eigenvalue weighted by molar-refractivity contribution is 7.13. The van der Waals surface area contributed by atoms with E-state index < -0.39 is 11.4 Å². The third-order valence-electron chi connectivity index (χ3n) is 4.83. The van der Waals surface area contributed by atoms with Crippen LogP contribution in [-0.4, -0.2) is 24.1 Å². The van der Waals surface area contributed by atoms with Crippen LogP contribution in [0.5, 0.6) is 5.75 Å². The number of nitrogens with one attached hydrogen (secondary N) is 1. The molecule has 0 saturated heterocycles. The monoisotopic (exact) mass is 359 g/mol. The number of carbonyl (C=O) groups excluding carboxylic acids is 1. The molecule has 1 aromatic heterocycles. The molecule has 0 bridgehead atoms. The van der Waals surface area contributed by atoms with E-state index in [9.17, 15) is 9.59 Å². The Balaban J connectivity index is 1.74. The Morgan fingerprint density at radius 2 is 1.84 bits per heavy atom. The number of carboxylic acids is 1. The maximum Gasteiger partial charge on any atom is 0.345 e. The lowest BCUT2D eigenvalue weighted by atomic mass is 9.78. The van der Waals surface area contributed by atoms with E-state index in [1.165, 1.54) is 11.3 Å². The number of ether oxygens (including phenoxy) is 1. The summed E-state index contributed by atoms with van der Waals surface area (Å²) in [5.74, 6) is -0.148. The Morgan fingerprint density at radius 3 is 2.40 bits per heavy atom. The van der Waals surface area contributed by atoms with E-state index in [0.29, 0.717) is 6.54 Å². The first-order valence-corrected chi connectivity index (χ1v) is 9.12. The summed E-state index contributed by atoms with van der Waals surface area (Å²) in [6, 6.07) is 11.0. The van der Waals surface area contributed by atoms with Crippen LogP contribution < -0.4 is 10.1 Å². The first-order chi connectivity index (χ1) is 12.0. The van der Waals surface area contributed by atoms with Crippen LogP contribution in [0.15, 0.2) is 36.4 Å². The van der Waals surface area contributed by atoms with Gasteiger partial charge in [0.2, 0.25) is 5.91 Å². The molecule has 1 aromatic carbocycles. The fourth-order valence-electron chi connectivity index (χ4n) is 3.46. The van der Waals surface area contributed by atoms with Crippen molar-refractivity contribution in [2.24, 2.45) is 0 Å². The van der Waals surface area contributed by atoms with Crippen LogP contribution in [0.4, 0.5) is 0 Å². The predicted molar refractivity (Wildman–Crippen MR) is 96.3 cm³/mol. The van der Waals surface area contributed by atoms with Gasteiger partial charge in [0.25, 0.3) is 0 Å². The van der Waals surface area contributed by atoms with Gasteiger partial charge >= 0.3 is 5.97 Å². The van der Waals surface area contributed by atoms with E-state index in [0.717, 1.165) is 41.9 Å². The molecular formula is C19H21NO4S. The molecule has 1 fully saturated rings. The zero-order valence-corrected chi connectivity index (χ0v) is 14.9. The summed E-state index contributed by atoms with van der Waals surface area (Å²) in [6.45, 7) is 0.356. The number of methoxy groups -OCH3 is 1. The predicted octanol–water partition coefficient (Wildman–Crippen LogP) is 3.58. The van der Waals surface area contributed by atoms with Crippen molar-refractivity contribution >= 4 is 23.2 Å². The number of carbonyl (C=O) groups is 2. The molecule has 6 heteroatoms. The van der Waals surface area contributed by atoms with Gasteiger partial charge in [-0.1, -0.05) is 25.0 Å². The zero-order chi connectivity index (χ0) is 17.9. The molecule has 0 atom stereocenters. The molecule has 25 heavy (non-hydrogen) atoms. The number of thiophene rings is 1. The molecular weight excluding hydrogens is 338 g/mol. The summed E-state index contributed by atoms with van der Waals surface area (Å²) in [6.07, 6.45) is 3.72. The van der Waals surface area contributed by atoms with Gasteiger partial charge in [-0.2, -0.15) is 0 Å². The summed E-state index contributed by atoms with van der Waals surface area (Å²) in [4.78, 5) is 25.1. The molecule has 1 heterocycles. The number of hydrogen-bond acceptors (Lipinski definition) is 4. The minimum atomic E-state index is -0.937. The molecule has 1 saturated carbocycles. The summed E-state index contributed by atoms with van der Waals surface area (Å²) in [7, 11) is 1.62. The van der Waals surface area contributed by atoms with Gasteiger partial charge in [0.15, 0.2) is 0 Å². The molecule has 0 unspecified atom stereocenters. The third-order valence-corrected chi connectivity index (χ3v) is 5.90. The second-order valence-electron chi connectivity index (χ2n) is 6.27. The van der Waals surface area contributed by atoms with Crippen LogP contribution in [0.2, 0.25) is 0 Å². The quantitative estimate of drug-likeness (QED) is 0.826. The van der Waals surface area contributed by atoms with Gasteiger partial charge in [-0.15, -0.1) is 11.3 Å². The van der Waals surface area contributed by atoms with Gasteiger partial charge in [-0.25, -0.2) is 4.79 Å². The molecule has 2 aromatic rings. The standard InChI is InChI=1S/C19H21NO4S/c1-24-14-6-4-13(5-7-14)19(10-2-3-11-19)18(23)20-12-15-8-9-16(25-15)17(21)22/h4-9H,2-3,10-12H2,1H3,(H,20,23)(H,21,22). The number of amides is 1. The molecule has 132 valence electrons. The lowest BCUT2D eigenvalue weighted by Crippen LogP contribution is -2.42. The topological polar surface area (TPSA) is 75.6 Å². The van der Waals surface area contributed by atoms with Gasteiger partial charge in [-0.3, -0.25) is 4.79 Å². The van der Waals surface area contributed by atoms with Crippen molar-refractivity contribution in [3.8, 4) is 5.75 Å². The molecule has 0 spiro atoms. The fourth-order valence-corrected chi connectivity index (χ4v) is 4.25. The first kappa shape index (κ1) is 17.5. The number of benzene rings is 1. The minimum Gasteiger partial charge on any atom is -0.497 e. The summed E-state index contributed by atoms with van der Waals surface area (Å²) in [5.41, 5.74) is 0.514. The average Bonchev–Trinajstić information content (AvgIpc) is 3.30. The maximum absolute atomic E-state index is 13.0. The smallest absolute Gasteiger partial charge is 0.345 e. The molecule has 0 radical (unpaired) electrons. The molecule has 2 N–H and O–H groups in total. The van der Waals surface area contributed by atoms with E-state index >= 15 is 0 Å². The minimum absolute atomic E-state index is 0.0143. The van der Waals surface area contributed by atoms with Crippen LogP contribution in [0.25, 0.3) is 0 Å². The largest absolute Gasteiger partial charge is 0.497 e. The van der Waals surface area contributed by atoms with Crippen molar-refractivity contribution in [2.45, 2.75) is 37.6 Å². The van der Waals surface area contributed by atoms with Crippen molar-refractivity contribution in [2.75, 3.05) is 7.11 Å². The van der Waals surface area contributed by atoms with Gasteiger partial charge in [-0.05, 0) is 42.7 Å². The second-order valence-corrected chi connectivity index (χ2v) is 7.44. The van der Waals surface area contributed by atoms with Gasteiger partial charge < -0.3 is 15.2 Å².